The number of amides is 1. The van der Waals surface area contributed by atoms with Crippen LogP contribution in [0.2, 0.25) is 0 Å². The Kier molecular flexibility index (Phi) is 8.27. The lowest BCUT2D eigenvalue weighted by atomic mass is 9.64. The molecule has 1 amide bonds. The summed E-state index contributed by atoms with van der Waals surface area (Å²) in [5, 5.41) is -0.224. The summed E-state index contributed by atoms with van der Waals surface area (Å²) in [6.45, 7) is 10.5. The molecule has 0 aromatic heterocycles. The van der Waals surface area contributed by atoms with Crippen LogP contribution < -0.4 is 9.64 Å². The predicted octanol–water partition coefficient (Wildman–Crippen LogP) is 7.17. The molecule has 5 aliphatic rings. The van der Waals surface area contributed by atoms with Crippen molar-refractivity contribution in [1.29, 1.82) is 0 Å². The number of hydrogen-bond donors (Lipinski definition) is 0. The fraction of sp³-hybridized carbons (Fsp3) is 0.571. The molecular formula is C35H45N2O4S-. The van der Waals surface area contributed by atoms with E-state index in [1.54, 1.807) is 6.07 Å². The molecule has 42 heavy (non-hydrogen) atoms. The number of nitrogens with zero attached hydrogens (tertiary/aromatic N) is 2. The van der Waals surface area contributed by atoms with Gasteiger partial charge in [-0.15, -0.1) is 0 Å². The Labute approximate surface area is 253 Å². The molecule has 7 heteroatoms. The number of anilines is 1. The maximum Gasteiger partial charge on any atom is 0.254 e. The molecule has 0 N–H and O–H groups in total. The van der Waals surface area contributed by atoms with Gasteiger partial charge in [0.2, 0.25) is 0 Å². The third-order valence-corrected chi connectivity index (χ3v) is 11.8. The Hall–Kier alpha value is -2.64. The number of aryl methyl sites for hydroxylation is 2. The first-order valence-corrected chi connectivity index (χ1v) is 17.1. The molecule has 2 aromatic rings. The van der Waals surface area contributed by atoms with Crippen LogP contribution in [0.15, 0.2) is 52.4 Å². The monoisotopic (exact) mass is 589 g/mol. The Bertz CT molecular complexity index is 1480. The van der Waals surface area contributed by atoms with Gasteiger partial charge in [-0.05, 0) is 98.1 Å². The molecule has 0 radical (unpaired) electrons. The van der Waals surface area contributed by atoms with Gasteiger partial charge < -0.3 is 22.9 Å². The molecule has 2 bridgehead atoms. The Morgan fingerprint density at radius 2 is 1.98 bits per heavy atom. The minimum Gasteiger partial charge on any atom is -0.490 e. The van der Waals surface area contributed by atoms with Gasteiger partial charge in [-0.25, -0.2) is 0 Å². The molecule has 1 spiro atoms. The fourth-order valence-electron chi connectivity index (χ4n) is 8.01. The second-order valence-corrected chi connectivity index (χ2v) is 14.2. The van der Waals surface area contributed by atoms with Crippen LogP contribution in [0.1, 0.15) is 79.9 Å². The van der Waals surface area contributed by atoms with Crippen molar-refractivity contribution in [2.24, 2.45) is 22.1 Å². The topological polar surface area (TPSA) is 68.2 Å². The average Bonchev–Trinajstić information content (AvgIpc) is 3.11. The van der Waals surface area contributed by atoms with Crippen molar-refractivity contribution >= 4 is 22.2 Å². The highest BCUT2D eigenvalue weighted by Crippen LogP contribution is 2.49. The number of methoxy groups -OCH3 is 1. The van der Waals surface area contributed by atoms with Gasteiger partial charge >= 0.3 is 0 Å². The molecule has 226 valence electrons. The molecule has 2 aliphatic heterocycles. The molecule has 0 saturated heterocycles. The lowest BCUT2D eigenvalue weighted by Gasteiger charge is -2.49. The van der Waals surface area contributed by atoms with E-state index >= 15 is 0 Å². The van der Waals surface area contributed by atoms with Crippen molar-refractivity contribution < 1.29 is 18.5 Å². The second-order valence-electron chi connectivity index (χ2n) is 12.7. The van der Waals surface area contributed by atoms with Crippen molar-refractivity contribution in [2.75, 3.05) is 31.7 Å². The lowest BCUT2D eigenvalue weighted by Crippen LogP contribution is -2.51. The quantitative estimate of drug-likeness (QED) is 0.261. The van der Waals surface area contributed by atoms with E-state index in [9.17, 15) is 9.00 Å². The zero-order chi connectivity index (χ0) is 29.6. The molecule has 6 nitrogen and oxygen atoms in total. The van der Waals surface area contributed by atoms with E-state index in [2.05, 4.69) is 40.5 Å². The van der Waals surface area contributed by atoms with Crippen LogP contribution in [-0.4, -0.2) is 44.1 Å². The molecule has 0 unspecified atom stereocenters. The summed E-state index contributed by atoms with van der Waals surface area (Å²) in [7, 11) is 0.197. The molecule has 2 aromatic carbocycles. The van der Waals surface area contributed by atoms with E-state index in [0.717, 1.165) is 63.1 Å². The molecule has 1 saturated carbocycles. The zero-order valence-electron chi connectivity index (χ0n) is 25.7. The molecule has 2 heterocycles. The summed E-state index contributed by atoms with van der Waals surface area (Å²) >= 11 is 0. The minimum absolute atomic E-state index is 0.0250. The van der Waals surface area contributed by atoms with Crippen LogP contribution in [0, 0.1) is 24.7 Å². The second kappa shape index (κ2) is 11.8. The van der Waals surface area contributed by atoms with E-state index in [4.69, 9.17) is 9.47 Å². The molecule has 6 atom stereocenters. The number of fused-ring (bicyclic) bond motifs is 5. The van der Waals surface area contributed by atoms with Gasteiger partial charge in [0, 0.05) is 31.2 Å². The van der Waals surface area contributed by atoms with Crippen LogP contribution in [0.3, 0.4) is 0 Å². The molecule has 7 rings (SSSR count). The van der Waals surface area contributed by atoms with Gasteiger partial charge in [-0.1, -0.05) is 55.9 Å². The lowest BCUT2D eigenvalue weighted by molar-refractivity contribution is -0.00239. The number of benzene rings is 2. The van der Waals surface area contributed by atoms with E-state index in [-0.39, 0.29) is 22.7 Å². The summed E-state index contributed by atoms with van der Waals surface area (Å²) in [5.74, 6) is 1.44. The maximum atomic E-state index is 13.3. The van der Waals surface area contributed by atoms with Gasteiger partial charge in [0.15, 0.2) is 0 Å². The third-order valence-electron chi connectivity index (χ3n) is 10.5. The first-order valence-electron chi connectivity index (χ1n) is 15.9. The number of rotatable bonds is 1. The molecule has 1 fully saturated rings. The SMILES string of the molecule is CC.CO[C@H]1C2=CC[C@H]2[C@@H](C)[S-](=O)=NC(=O)c2ccc3c(c2)N(C[C@@H]2CC[C@H]21)C[C@@]1(CCCc2cc(C)ccc21)CO3. The van der Waals surface area contributed by atoms with Gasteiger partial charge in [-0.2, -0.15) is 10.6 Å². The Morgan fingerprint density at radius 1 is 1.14 bits per heavy atom. The molecule has 3 aliphatic carbocycles. The summed E-state index contributed by atoms with van der Waals surface area (Å²) in [6.07, 6.45) is 8.78. The van der Waals surface area contributed by atoms with Crippen LogP contribution in [-0.2, 0) is 31.4 Å². The smallest absolute Gasteiger partial charge is 0.254 e. The predicted molar refractivity (Wildman–Crippen MR) is 169 cm³/mol. The zero-order valence-corrected chi connectivity index (χ0v) is 26.5. The average molecular weight is 590 g/mol. The standard InChI is InChI=1S/C33H39N2O4S.C2H6/c1-20-6-12-28-22(15-20)5-4-14-33(28)18-35-17-24-7-9-26(24)31(38-3)27-11-10-25(27)21(2)40(37)34-32(36)23-8-13-30(39-19-33)29(35)16-23;1-2/h6,8,11-13,15-16,21,24-26,31H,4-5,7,9-10,14,17-19H2,1-3H3;1-2H3/q-1;/t21-,24+,25+,26-,31-,33+;/m1./s1. The van der Waals surface area contributed by atoms with Gasteiger partial charge in [0.25, 0.3) is 5.91 Å². The normalized spacial score (nSPS) is 32.0. The van der Waals surface area contributed by atoms with Crippen molar-refractivity contribution in [3.63, 3.8) is 0 Å². The Balaban J connectivity index is 0.00000155. The van der Waals surface area contributed by atoms with E-state index in [0.29, 0.717) is 24.0 Å². The van der Waals surface area contributed by atoms with Gasteiger partial charge in [0.1, 0.15) is 5.75 Å². The van der Waals surface area contributed by atoms with Crippen molar-refractivity contribution in [1.82, 2.24) is 0 Å². The third kappa shape index (κ3) is 5.00. The first-order chi connectivity index (χ1) is 20.4. The number of ether oxygens (including phenoxy) is 2. The van der Waals surface area contributed by atoms with Crippen molar-refractivity contribution in [3.8, 4) is 5.75 Å². The van der Waals surface area contributed by atoms with Gasteiger partial charge in [-0.3, -0.25) is 4.79 Å². The van der Waals surface area contributed by atoms with Crippen LogP contribution in [0.25, 0.3) is 0 Å². The van der Waals surface area contributed by atoms with Gasteiger partial charge in [0.05, 0.1) is 18.4 Å². The highest BCUT2D eigenvalue weighted by Gasteiger charge is 2.46. The highest BCUT2D eigenvalue weighted by molar-refractivity contribution is 7.75. The summed E-state index contributed by atoms with van der Waals surface area (Å²) in [5.41, 5.74) is 6.73. The van der Waals surface area contributed by atoms with E-state index in [1.165, 1.54) is 22.3 Å². The number of allylic oxidation sites excluding steroid dienone is 1. The number of hydrogen-bond acceptors (Lipinski definition) is 6. The minimum atomic E-state index is -1.61. The van der Waals surface area contributed by atoms with Crippen LogP contribution in [0.5, 0.6) is 5.75 Å². The first kappa shape index (κ1) is 29.4. The number of carbonyl (C=O) groups is 1. The van der Waals surface area contributed by atoms with Crippen molar-refractivity contribution in [3.05, 3.63) is 70.3 Å². The fourth-order valence-corrected chi connectivity index (χ4v) is 8.99. The number of carbonyl (C=O) groups excluding carboxylic acids is 1. The largest absolute Gasteiger partial charge is 0.490 e. The van der Waals surface area contributed by atoms with E-state index < -0.39 is 16.5 Å². The highest BCUT2D eigenvalue weighted by atomic mass is 32.2. The maximum absolute atomic E-state index is 13.3. The summed E-state index contributed by atoms with van der Waals surface area (Å²) in [6, 6.07) is 12.6. The van der Waals surface area contributed by atoms with Crippen LogP contribution >= 0.6 is 0 Å². The Morgan fingerprint density at radius 3 is 2.69 bits per heavy atom. The van der Waals surface area contributed by atoms with Crippen LogP contribution in [0.4, 0.5) is 5.69 Å². The van der Waals surface area contributed by atoms with E-state index in [1.807, 2.05) is 40.0 Å². The molecular weight excluding hydrogens is 544 g/mol. The summed E-state index contributed by atoms with van der Waals surface area (Å²) in [4.78, 5) is 15.8. The van der Waals surface area contributed by atoms with Crippen molar-refractivity contribution in [2.45, 2.75) is 83.0 Å². The summed E-state index contributed by atoms with van der Waals surface area (Å²) < 4.78 is 30.2.